The second-order valence-electron chi connectivity index (χ2n) is 6.69. The maximum Gasteiger partial charge on any atom is 0.244 e. The summed E-state index contributed by atoms with van der Waals surface area (Å²) < 4.78 is 11.7. The molecule has 27 heavy (non-hydrogen) atoms. The molecule has 1 aromatic carbocycles. The van der Waals surface area contributed by atoms with Gasteiger partial charge in [-0.15, -0.1) is 5.10 Å². The molecule has 0 spiro atoms. The maximum absolute atomic E-state index is 9.79. The molecule has 142 valence electrons. The fraction of sp³-hybridized carbons (Fsp3) is 0.429. The van der Waals surface area contributed by atoms with Crippen LogP contribution in [0.25, 0.3) is 0 Å². The minimum Gasteiger partial charge on any atom is -0.493 e. The predicted octanol–water partition coefficient (Wildman–Crippen LogP) is 4.15. The average Bonchev–Trinajstić information content (AvgIpc) is 3.08. The van der Waals surface area contributed by atoms with Crippen LogP contribution in [-0.2, 0) is 6.42 Å². The zero-order valence-corrected chi connectivity index (χ0v) is 15.9. The number of H-pyrrole nitrogens is 1. The molecule has 1 aliphatic rings. The third kappa shape index (κ3) is 3.77. The summed E-state index contributed by atoms with van der Waals surface area (Å²) >= 11 is 0. The lowest BCUT2D eigenvalue weighted by atomic mass is 9.83. The van der Waals surface area contributed by atoms with E-state index in [1.807, 2.05) is 24.3 Å². The number of rotatable bonds is 8. The van der Waals surface area contributed by atoms with E-state index in [2.05, 4.69) is 30.1 Å². The fourth-order valence-electron chi connectivity index (χ4n) is 3.34. The number of benzene rings is 1. The smallest absolute Gasteiger partial charge is 0.244 e. The zero-order valence-electron chi connectivity index (χ0n) is 15.9. The van der Waals surface area contributed by atoms with Crippen LogP contribution in [0.15, 0.2) is 35.7 Å². The van der Waals surface area contributed by atoms with Crippen molar-refractivity contribution in [3.05, 3.63) is 52.5 Å². The predicted molar refractivity (Wildman–Crippen MR) is 103 cm³/mol. The maximum atomic E-state index is 9.79. The Morgan fingerprint density at radius 1 is 1.26 bits per heavy atom. The number of hydrogen-bond acceptors (Lipinski definition) is 5. The van der Waals surface area contributed by atoms with E-state index in [4.69, 9.17) is 15.2 Å². The molecule has 0 bridgehead atoms. The Kier molecular flexibility index (Phi) is 6.02. The number of nitrogens with zero attached hydrogens (tertiary/aromatic N) is 2. The lowest BCUT2D eigenvalue weighted by molar-refractivity contribution is 0.305. The third-order valence-corrected chi connectivity index (χ3v) is 4.78. The zero-order chi connectivity index (χ0) is 19.2. The summed E-state index contributed by atoms with van der Waals surface area (Å²) in [4.78, 5) is 0. The highest BCUT2D eigenvalue weighted by atomic mass is 16.5. The van der Waals surface area contributed by atoms with Gasteiger partial charge in [-0.05, 0) is 25.3 Å². The second-order valence-corrected chi connectivity index (χ2v) is 6.69. The number of unbranched alkanes of at least 4 members (excludes halogenated alkanes) is 2. The molecular formula is C21H26N4O2. The molecule has 0 saturated carbocycles. The summed E-state index contributed by atoms with van der Waals surface area (Å²) in [7, 11) is 0. The first-order chi connectivity index (χ1) is 13.2. The van der Waals surface area contributed by atoms with Gasteiger partial charge in [0.15, 0.2) is 0 Å². The molecule has 3 rings (SSSR count). The Morgan fingerprint density at radius 3 is 2.78 bits per heavy atom. The van der Waals surface area contributed by atoms with Gasteiger partial charge in [0.1, 0.15) is 17.4 Å². The molecule has 1 unspecified atom stereocenters. The van der Waals surface area contributed by atoms with Crippen LogP contribution in [0.3, 0.4) is 0 Å². The number of aryl methyl sites for hydroxylation is 1. The van der Waals surface area contributed by atoms with Crippen molar-refractivity contribution in [3.63, 3.8) is 0 Å². The van der Waals surface area contributed by atoms with Gasteiger partial charge in [0.25, 0.3) is 0 Å². The van der Waals surface area contributed by atoms with Crippen molar-refractivity contribution < 1.29 is 9.47 Å². The first-order valence-electron chi connectivity index (χ1n) is 9.57. The van der Waals surface area contributed by atoms with Crippen LogP contribution in [0.2, 0.25) is 0 Å². The molecule has 1 aliphatic heterocycles. The first kappa shape index (κ1) is 18.8. The molecular weight excluding hydrogens is 340 g/mol. The molecule has 3 N–H and O–H groups in total. The molecule has 0 radical (unpaired) electrons. The molecule has 0 amide bonds. The van der Waals surface area contributed by atoms with Crippen molar-refractivity contribution >= 4 is 0 Å². The molecule has 6 heteroatoms. The molecule has 0 fully saturated rings. The Balaban J connectivity index is 2.09. The number of aromatic nitrogens is 2. The number of nitriles is 1. The monoisotopic (exact) mass is 366 g/mol. The summed E-state index contributed by atoms with van der Waals surface area (Å²) in [6, 6.07) is 10.1. The largest absolute Gasteiger partial charge is 0.493 e. The van der Waals surface area contributed by atoms with Gasteiger partial charge in [0.2, 0.25) is 11.8 Å². The van der Waals surface area contributed by atoms with E-state index in [0.717, 1.165) is 54.7 Å². The summed E-state index contributed by atoms with van der Waals surface area (Å²) in [5.41, 5.74) is 9.24. The number of nitrogens with two attached hydrogens (primary N) is 1. The van der Waals surface area contributed by atoms with Crippen LogP contribution in [0.4, 0.5) is 0 Å². The number of hydrogen-bond donors (Lipinski definition) is 2. The Labute approximate surface area is 160 Å². The van der Waals surface area contributed by atoms with E-state index < -0.39 is 0 Å². The molecule has 2 aromatic rings. The highest BCUT2D eigenvalue weighted by molar-refractivity contribution is 5.58. The van der Waals surface area contributed by atoms with Crippen LogP contribution in [-0.4, -0.2) is 16.8 Å². The number of ether oxygens (including phenoxy) is 2. The first-order valence-corrected chi connectivity index (χ1v) is 9.57. The Morgan fingerprint density at radius 2 is 2.04 bits per heavy atom. The summed E-state index contributed by atoms with van der Waals surface area (Å²) in [5.74, 6) is 0.979. The van der Waals surface area contributed by atoms with Gasteiger partial charge in [0, 0.05) is 11.3 Å². The highest BCUT2D eigenvalue weighted by Gasteiger charge is 2.36. The molecule has 0 aliphatic carbocycles. The molecule has 0 saturated heterocycles. The van der Waals surface area contributed by atoms with E-state index in [0.29, 0.717) is 18.1 Å². The summed E-state index contributed by atoms with van der Waals surface area (Å²) in [5, 5.41) is 17.2. The van der Waals surface area contributed by atoms with Gasteiger partial charge >= 0.3 is 0 Å². The third-order valence-electron chi connectivity index (χ3n) is 4.78. The quantitative estimate of drug-likeness (QED) is 0.684. The normalized spacial score (nSPS) is 15.8. The van der Waals surface area contributed by atoms with Crippen molar-refractivity contribution in [1.29, 1.82) is 5.26 Å². The van der Waals surface area contributed by atoms with Crippen molar-refractivity contribution in [2.75, 3.05) is 6.61 Å². The van der Waals surface area contributed by atoms with E-state index in [1.165, 1.54) is 0 Å². The second kappa shape index (κ2) is 8.63. The van der Waals surface area contributed by atoms with Crippen molar-refractivity contribution in [1.82, 2.24) is 10.2 Å². The van der Waals surface area contributed by atoms with Crippen LogP contribution in [0.1, 0.15) is 62.3 Å². The minimum absolute atomic E-state index is 0.104. The summed E-state index contributed by atoms with van der Waals surface area (Å²) in [6.45, 7) is 4.91. The molecule has 2 heterocycles. The number of para-hydroxylation sites is 1. The number of nitrogens with one attached hydrogen (secondary N) is 1. The molecule has 6 nitrogen and oxygen atoms in total. The minimum atomic E-state index is -0.345. The van der Waals surface area contributed by atoms with Crippen LogP contribution >= 0.6 is 0 Å². The Bertz CT molecular complexity index is 863. The number of allylic oxidation sites excluding steroid dienone is 1. The van der Waals surface area contributed by atoms with Crippen molar-refractivity contribution in [2.45, 2.75) is 51.9 Å². The van der Waals surface area contributed by atoms with Gasteiger partial charge in [-0.2, -0.15) is 5.26 Å². The number of aromatic amines is 1. The molecule has 1 atom stereocenters. The number of fused-ring (bicyclic) bond motifs is 1. The average molecular weight is 366 g/mol. The van der Waals surface area contributed by atoms with Crippen LogP contribution in [0, 0.1) is 11.3 Å². The lowest BCUT2D eigenvalue weighted by Crippen LogP contribution is -2.21. The topological polar surface area (TPSA) is 96.9 Å². The highest BCUT2D eigenvalue weighted by Crippen LogP contribution is 2.45. The van der Waals surface area contributed by atoms with Gasteiger partial charge in [-0.3, -0.25) is 5.10 Å². The SMILES string of the molecule is CCCCOc1ccccc1C1C(C#N)=C(N)Oc2n[nH]c(CCCC)c21. The van der Waals surface area contributed by atoms with Crippen molar-refractivity contribution in [2.24, 2.45) is 5.73 Å². The van der Waals surface area contributed by atoms with Gasteiger partial charge < -0.3 is 15.2 Å². The Hall–Kier alpha value is -2.94. The van der Waals surface area contributed by atoms with E-state index in [9.17, 15) is 5.26 Å². The van der Waals surface area contributed by atoms with E-state index in [1.54, 1.807) is 0 Å². The fourth-order valence-corrected chi connectivity index (χ4v) is 3.34. The standard InChI is InChI=1S/C21H26N4O2/c1-3-5-10-16-19-18(15(13-22)20(23)27-21(19)25-24-16)14-9-7-8-11-17(14)26-12-6-4-2/h7-9,11,18H,3-6,10,12,23H2,1-2H3,(H,24,25). The molecule has 1 aromatic heterocycles. The lowest BCUT2D eigenvalue weighted by Gasteiger charge is -2.25. The van der Waals surface area contributed by atoms with Crippen molar-refractivity contribution in [3.8, 4) is 17.7 Å². The summed E-state index contributed by atoms with van der Waals surface area (Å²) in [6.07, 6.45) is 4.97. The van der Waals surface area contributed by atoms with E-state index in [-0.39, 0.29) is 11.8 Å². The van der Waals surface area contributed by atoms with E-state index >= 15 is 0 Å². The van der Waals surface area contributed by atoms with Crippen LogP contribution < -0.4 is 15.2 Å². The van der Waals surface area contributed by atoms with Gasteiger partial charge in [-0.25, -0.2) is 0 Å². The van der Waals surface area contributed by atoms with Gasteiger partial charge in [-0.1, -0.05) is 44.9 Å². The van der Waals surface area contributed by atoms with Crippen LogP contribution in [0.5, 0.6) is 11.6 Å². The van der Waals surface area contributed by atoms with Gasteiger partial charge in [0.05, 0.1) is 18.1 Å².